The number of aliphatic hydroxyl groups is 1. The molecule has 0 aliphatic rings. The molecule has 108 valence electrons. The first-order valence-electron chi connectivity index (χ1n) is 6.57. The molecule has 0 aliphatic heterocycles. The summed E-state index contributed by atoms with van der Waals surface area (Å²) in [7, 11) is 3.51. The molecule has 1 aromatic carbocycles. The molecule has 0 saturated heterocycles. The third-order valence-electron chi connectivity index (χ3n) is 3.37. The summed E-state index contributed by atoms with van der Waals surface area (Å²) in [5.74, 6) is 1.47. The lowest BCUT2D eigenvalue weighted by molar-refractivity contribution is -0.0271. The van der Waals surface area contributed by atoms with Crippen molar-refractivity contribution < 1.29 is 14.6 Å². The Balaban J connectivity index is 2.83. The fourth-order valence-corrected chi connectivity index (χ4v) is 1.54. The Bertz CT molecular complexity index is 402. The van der Waals surface area contributed by atoms with Gasteiger partial charge in [0.15, 0.2) is 11.5 Å². The molecule has 0 fully saturated rings. The molecule has 0 radical (unpaired) electrons. The van der Waals surface area contributed by atoms with Crippen molar-refractivity contribution in [1.82, 2.24) is 5.32 Å². The fraction of sp³-hybridized carbons (Fsp3) is 0.600. The van der Waals surface area contributed by atoms with Crippen LogP contribution >= 0.6 is 0 Å². The van der Waals surface area contributed by atoms with Crippen molar-refractivity contribution in [3.05, 3.63) is 23.8 Å². The van der Waals surface area contributed by atoms with E-state index >= 15 is 0 Å². The lowest BCUT2D eigenvalue weighted by Gasteiger charge is -2.27. The Morgan fingerprint density at radius 1 is 1.32 bits per heavy atom. The van der Waals surface area contributed by atoms with Crippen LogP contribution < -0.4 is 14.8 Å². The number of nitrogens with one attached hydrogen (secondary N) is 1. The minimum atomic E-state index is -0.857. The van der Waals surface area contributed by atoms with Gasteiger partial charge in [-0.25, -0.2) is 0 Å². The van der Waals surface area contributed by atoms with E-state index in [4.69, 9.17) is 9.47 Å². The Morgan fingerprint density at radius 3 is 2.53 bits per heavy atom. The van der Waals surface area contributed by atoms with Gasteiger partial charge < -0.3 is 19.9 Å². The highest BCUT2D eigenvalue weighted by atomic mass is 16.5. The van der Waals surface area contributed by atoms with E-state index in [2.05, 4.69) is 5.32 Å². The summed E-state index contributed by atoms with van der Waals surface area (Å²) in [6.07, 6.45) is 0. The molecular weight excluding hydrogens is 242 g/mol. The van der Waals surface area contributed by atoms with Crippen molar-refractivity contribution in [1.29, 1.82) is 0 Å². The quantitative estimate of drug-likeness (QED) is 0.795. The van der Waals surface area contributed by atoms with Crippen LogP contribution in [-0.4, -0.2) is 31.5 Å². The number of hydrogen-bond donors (Lipinski definition) is 2. The van der Waals surface area contributed by atoms with Crippen molar-refractivity contribution in [3.63, 3.8) is 0 Å². The van der Waals surface area contributed by atoms with Gasteiger partial charge in [0, 0.05) is 6.54 Å². The molecule has 0 bridgehead atoms. The third kappa shape index (κ3) is 4.40. The van der Waals surface area contributed by atoms with Gasteiger partial charge in [-0.1, -0.05) is 19.9 Å². The first-order chi connectivity index (χ1) is 8.90. The van der Waals surface area contributed by atoms with Gasteiger partial charge in [-0.3, -0.25) is 0 Å². The van der Waals surface area contributed by atoms with Crippen LogP contribution in [-0.2, 0) is 6.54 Å². The van der Waals surface area contributed by atoms with E-state index in [1.54, 1.807) is 14.0 Å². The molecule has 19 heavy (non-hydrogen) atoms. The van der Waals surface area contributed by atoms with Gasteiger partial charge >= 0.3 is 0 Å². The van der Waals surface area contributed by atoms with E-state index in [1.807, 2.05) is 39.1 Å². The zero-order valence-electron chi connectivity index (χ0n) is 12.5. The number of rotatable bonds is 7. The molecule has 2 N–H and O–H groups in total. The van der Waals surface area contributed by atoms with E-state index in [0.29, 0.717) is 11.5 Å². The predicted molar refractivity (Wildman–Crippen MR) is 76.7 cm³/mol. The van der Waals surface area contributed by atoms with Gasteiger partial charge in [0.25, 0.3) is 0 Å². The van der Waals surface area contributed by atoms with Crippen LogP contribution in [0.2, 0.25) is 0 Å². The van der Waals surface area contributed by atoms with Crippen molar-refractivity contribution in [3.8, 4) is 11.5 Å². The Morgan fingerprint density at radius 2 is 2.00 bits per heavy atom. The van der Waals surface area contributed by atoms with Gasteiger partial charge in [0.05, 0.1) is 12.7 Å². The minimum Gasteiger partial charge on any atom is -0.493 e. The summed E-state index contributed by atoms with van der Waals surface area (Å²) in [6, 6.07) is 5.81. The highest BCUT2D eigenvalue weighted by Crippen LogP contribution is 2.29. The molecule has 0 saturated carbocycles. The highest BCUT2D eigenvalue weighted by molar-refractivity contribution is 5.43. The molecule has 0 amide bonds. The lowest BCUT2D eigenvalue weighted by atomic mass is 9.94. The maximum Gasteiger partial charge on any atom is 0.161 e. The van der Waals surface area contributed by atoms with Crippen molar-refractivity contribution in [2.24, 2.45) is 5.92 Å². The summed E-state index contributed by atoms with van der Waals surface area (Å²) in [5, 5.41) is 13.3. The lowest BCUT2D eigenvalue weighted by Crippen LogP contribution is -2.37. The van der Waals surface area contributed by atoms with Crippen LogP contribution in [0.25, 0.3) is 0 Å². The van der Waals surface area contributed by atoms with Gasteiger partial charge in [-0.05, 0) is 37.6 Å². The molecule has 1 rings (SSSR count). The summed E-state index contributed by atoms with van der Waals surface area (Å²) in [6.45, 7) is 6.72. The van der Waals surface area contributed by atoms with Crippen molar-refractivity contribution in [2.75, 3.05) is 20.8 Å². The highest BCUT2D eigenvalue weighted by Gasteiger charge is 2.26. The largest absolute Gasteiger partial charge is 0.493 e. The Kier molecular flexibility index (Phi) is 5.63. The number of hydrogen-bond acceptors (Lipinski definition) is 4. The van der Waals surface area contributed by atoms with Crippen LogP contribution in [0.4, 0.5) is 0 Å². The third-order valence-corrected chi connectivity index (χ3v) is 3.37. The number of methoxy groups -OCH3 is 1. The van der Waals surface area contributed by atoms with Crippen molar-refractivity contribution in [2.45, 2.75) is 32.9 Å². The molecule has 0 heterocycles. The van der Waals surface area contributed by atoms with Gasteiger partial charge in [-0.2, -0.15) is 0 Å². The van der Waals surface area contributed by atoms with Crippen LogP contribution in [0.15, 0.2) is 18.2 Å². The first kappa shape index (κ1) is 15.8. The molecule has 0 spiro atoms. The monoisotopic (exact) mass is 267 g/mol. The maximum absolute atomic E-state index is 10.2. The zero-order valence-corrected chi connectivity index (χ0v) is 12.5. The van der Waals surface area contributed by atoms with E-state index in [1.165, 1.54) is 0 Å². The van der Waals surface area contributed by atoms with Gasteiger partial charge in [0.2, 0.25) is 0 Å². The van der Waals surface area contributed by atoms with Crippen LogP contribution in [0.3, 0.4) is 0 Å². The summed E-state index contributed by atoms with van der Waals surface area (Å²) < 4.78 is 11.0. The molecule has 0 aromatic heterocycles. The normalized spacial score (nSPS) is 14.3. The SMILES string of the molecule is CNCc1ccc(OC)c(OCC(C)(O)C(C)C)c1. The van der Waals surface area contributed by atoms with E-state index in [-0.39, 0.29) is 12.5 Å². The molecule has 4 heteroatoms. The second-order valence-corrected chi connectivity index (χ2v) is 5.32. The van der Waals surface area contributed by atoms with Crippen LogP contribution in [0.1, 0.15) is 26.3 Å². The molecule has 1 unspecified atom stereocenters. The second-order valence-electron chi connectivity index (χ2n) is 5.32. The van der Waals surface area contributed by atoms with E-state index in [9.17, 15) is 5.11 Å². The molecule has 1 atom stereocenters. The second kappa shape index (κ2) is 6.78. The number of benzene rings is 1. The molecular formula is C15H25NO3. The average molecular weight is 267 g/mol. The standard InChI is InChI=1S/C15H25NO3/c1-11(2)15(3,17)10-19-14-8-12(9-16-4)6-7-13(14)18-5/h6-8,11,16-17H,9-10H2,1-5H3. The van der Waals surface area contributed by atoms with E-state index in [0.717, 1.165) is 12.1 Å². The summed E-state index contributed by atoms with van der Waals surface area (Å²) in [4.78, 5) is 0. The Hall–Kier alpha value is -1.26. The van der Waals surface area contributed by atoms with Crippen molar-refractivity contribution >= 4 is 0 Å². The molecule has 1 aromatic rings. The van der Waals surface area contributed by atoms with Crippen LogP contribution in [0.5, 0.6) is 11.5 Å². The molecule has 4 nitrogen and oxygen atoms in total. The summed E-state index contributed by atoms with van der Waals surface area (Å²) in [5.41, 5.74) is 0.256. The maximum atomic E-state index is 10.2. The fourth-order valence-electron chi connectivity index (χ4n) is 1.54. The molecule has 0 aliphatic carbocycles. The minimum absolute atomic E-state index is 0.124. The smallest absolute Gasteiger partial charge is 0.161 e. The first-order valence-corrected chi connectivity index (χ1v) is 6.57. The Labute approximate surface area is 115 Å². The topological polar surface area (TPSA) is 50.7 Å². The van der Waals surface area contributed by atoms with E-state index < -0.39 is 5.60 Å². The summed E-state index contributed by atoms with van der Waals surface area (Å²) >= 11 is 0. The van der Waals surface area contributed by atoms with Gasteiger partial charge in [0.1, 0.15) is 6.61 Å². The zero-order chi connectivity index (χ0) is 14.5. The predicted octanol–water partition coefficient (Wildman–Crippen LogP) is 2.20. The average Bonchev–Trinajstić information content (AvgIpc) is 2.37. The number of ether oxygens (including phenoxy) is 2. The van der Waals surface area contributed by atoms with Gasteiger partial charge in [-0.15, -0.1) is 0 Å². The van der Waals surface area contributed by atoms with Crippen LogP contribution in [0, 0.1) is 5.92 Å².